The van der Waals surface area contributed by atoms with Crippen molar-refractivity contribution in [3.8, 4) is 0 Å². The number of aryl methyl sites for hydroxylation is 2. The Balaban J connectivity index is 3.33. The van der Waals surface area contributed by atoms with Crippen LogP contribution in [0.5, 0.6) is 0 Å². The predicted octanol–water partition coefficient (Wildman–Crippen LogP) is 2.38. The molecule has 0 saturated heterocycles. The quantitative estimate of drug-likeness (QED) is 0.722. The topological polar surface area (TPSA) is 24.9 Å². The van der Waals surface area contributed by atoms with Gasteiger partial charge in [0.15, 0.2) is 0 Å². The molecule has 0 amide bonds. The molecule has 64 valence electrons. The number of hydrogen-bond acceptors (Lipinski definition) is 2. The summed E-state index contributed by atoms with van der Waals surface area (Å²) in [5.41, 5.74) is 3.33. The van der Waals surface area contributed by atoms with Crippen molar-refractivity contribution in [1.29, 1.82) is 0 Å². The first-order chi connectivity index (χ1) is 5.69. The van der Waals surface area contributed by atoms with Gasteiger partial charge in [0.1, 0.15) is 5.82 Å². The fourth-order valence-corrected chi connectivity index (χ4v) is 1.29. The Kier molecular flexibility index (Phi) is 2.48. The van der Waals surface area contributed by atoms with Gasteiger partial charge in [0.05, 0.1) is 0 Å². The van der Waals surface area contributed by atoms with Crippen molar-refractivity contribution >= 4 is 11.9 Å². The van der Waals surface area contributed by atoms with Gasteiger partial charge in [0.2, 0.25) is 0 Å². The highest BCUT2D eigenvalue weighted by molar-refractivity contribution is 5.65. The number of anilines is 1. The summed E-state index contributed by atoms with van der Waals surface area (Å²) in [6.45, 7) is 7.80. The molecule has 2 heteroatoms. The fourth-order valence-electron chi connectivity index (χ4n) is 1.29. The highest BCUT2D eigenvalue weighted by atomic mass is 15.0. The Bertz CT molecular complexity index is 303. The lowest BCUT2D eigenvalue weighted by atomic mass is 10.1. The molecule has 1 rings (SSSR count). The van der Waals surface area contributed by atoms with Gasteiger partial charge in [-0.2, -0.15) is 0 Å². The van der Waals surface area contributed by atoms with Crippen LogP contribution >= 0.6 is 0 Å². The Morgan fingerprint density at radius 2 is 2.17 bits per heavy atom. The molecule has 0 aliphatic carbocycles. The third-order valence-corrected chi connectivity index (χ3v) is 1.83. The molecular weight excluding hydrogens is 148 g/mol. The number of pyridine rings is 1. The van der Waals surface area contributed by atoms with E-state index in [0.717, 1.165) is 17.1 Å². The third-order valence-electron chi connectivity index (χ3n) is 1.83. The molecule has 1 aromatic rings. The molecule has 1 N–H and O–H groups in total. The molecule has 0 aliphatic rings. The second-order valence-corrected chi connectivity index (χ2v) is 2.80. The predicted molar refractivity (Wildman–Crippen MR) is 53.3 cm³/mol. The van der Waals surface area contributed by atoms with Crippen molar-refractivity contribution in [2.75, 3.05) is 12.4 Å². The normalized spacial score (nSPS) is 9.58. The van der Waals surface area contributed by atoms with E-state index >= 15 is 0 Å². The monoisotopic (exact) mass is 162 g/mol. The van der Waals surface area contributed by atoms with E-state index in [-0.39, 0.29) is 0 Å². The summed E-state index contributed by atoms with van der Waals surface area (Å²) in [6.07, 6.45) is 1.83. The maximum atomic E-state index is 4.34. The van der Waals surface area contributed by atoms with E-state index in [4.69, 9.17) is 0 Å². The molecule has 0 fully saturated rings. The van der Waals surface area contributed by atoms with Gasteiger partial charge in [0, 0.05) is 18.3 Å². The van der Waals surface area contributed by atoms with Crippen molar-refractivity contribution < 1.29 is 0 Å². The molecule has 12 heavy (non-hydrogen) atoms. The van der Waals surface area contributed by atoms with E-state index < -0.39 is 0 Å². The van der Waals surface area contributed by atoms with Crippen LogP contribution in [0.25, 0.3) is 6.08 Å². The average molecular weight is 162 g/mol. The third kappa shape index (κ3) is 1.47. The maximum Gasteiger partial charge on any atom is 0.133 e. The molecule has 0 spiro atoms. The first-order valence-corrected chi connectivity index (χ1v) is 3.97. The molecule has 1 aromatic heterocycles. The summed E-state index contributed by atoms with van der Waals surface area (Å²) >= 11 is 0. The second-order valence-electron chi connectivity index (χ2n) is 2.80. The second kappa shape index (κ2) is 3.39. The van der Waals surface area contributed by atoms with Gasteiger partial charge in [0.25, 0.3) is 0 Å². The number of rotatable bonds is 2. The molecule has 0 unspecified atom stereocenters. The summed E-state index contributed by atoms with van der Waals surface area (Å²) in [7, 11) is 1.87. The SMILES string of the molecule is C=Cc1c(C)cc(C)nc1NC. The van der Waals surface area contributed by atoms with Gasteiger partial charge in [-0.1, -0.05) is 12.7 Å². The minimum atomic E-state index is 0.905. The summed E-state index contributed by atoms with van der Waals surface area (Å²) in [5.74, 6) is 0.905. The summed E-state index contributed by atoms with van der Waals surface area (Å²) in [6, 6.07) is 2.05. The molecule has 2 nitrogen and oxygen atoms in total. The number of aromatic nitrogens is 1. The highest BCUT2D eigenvalue weighted by Crippen LogP contribution is 2.18. The van der Waals surface area contributed by atoms with E-state index in [0.29, 0.717) is 0 Å². The lowest BCUT2D eigenvalue weighted by Crippen LogP contribution is -1.99. The van der Waals surface area contributed by atoms with E-state index in [1.807, 2.05) is 20.0 Å². The van der Waals surface area contributed by atoms with E-state index in [1.54, 1.807) is 0 Å². The Morgan fingerprint density at radius 1 is 1.50 bits per heavy atom. The van der Waals surface area contributed by atoms with Crippen LogP contribution in [-0.4, -0.2) is 12.0 Å². The van der Waals surface area contributed by atoms with E-state index in [9.17, 15) is 0 Å². The lowest BCUT2D eigenvalue weighted by Gasteiger charge is -2.08. The van der Waals surface area contributed by atoms with Crippen LogP contribution in [0.15, 0.2) is 12.6 Å². The van der Waals surface area contributed by atoms with Gasteiger partial charge < -0.3 is 5.32 Å². The van der Waals surface area contributed by atoms with E-state index in [2.05, 4.69) is 29.9 Å². The lowest BCUT2D eigenvalue weighted by molar-refractivity contribution is 1.16. The van der Waals surface area contributed by atoms with E-state index in [1.165, 1.54) is 5.56 Å². The van der Waals surface area contributed by atoms with Crippen LogP contribution in [0, 0.1) is 13.8 Å². The van der Waals surface area contributed by atoms with Crippen molar-refractivity contribution in [1.82, 2.24) is 4.98 Å². The minimum absolute atomic E-state index is 0.905. The molecule has 0 aromatic carbocycles. The smallest absolute Gasteiger partial charge is 0.133 e. The van der Waals surface area contributed by atoms with Crippen molar-refractivity contribution in [3.63, 3.8) is 0 Å². The van der Waals surface area contributed by atoms with Gasteiger partial charge >= 0.3 is 0 Å². The molecule has 0 atom stereocenters. The maximum absolute atomic E-state index is 4.34. The van der Waals surface area contributed by atoms with Crippen LogP contribution in [0.4, 0.5) is 5.82 Å². The summed E-state index contributed by atoms with van der Waals surface area (Å²) in [4.78, 5) is 4.34. The van der Waals surface area contributed by atoms with Gasteiger partial charge in [-0.25, -0.2) is 4.98 Å². The van der Waals surface area contributed by atoms with Crippen LogP contribution < -0.4 is 5.32 Å². The molecule has 0 aliphatic heterocycles. The fraction of sp³-hybridized carbons (Fsp3) is 0.300. The minimum Gasteiger partial charge on any atom is -0.373 e. The van der Waals surface area contributed by atoms with Crippen LogP contribution in [-0.2, 0) is 0 Å². The first-order valence-electron chi connectivity index (χ1n) is 3.97. The number of hydrogen-bond donors (Lipinski definition) is 1. The first kappa shape index (κ1) is 8.78. The Labute approximate surface area is 73.3 Å². The zero-order chi connectivity index (χ0) is 9.14. The largest absolute Gasteiger partial charge is 0.373 e. The molecule has 0 radical (unpaired) electrons. The molecule has 0 saturated carbocycles. The standard InChI is InChI=1S/C10H14N2/c1-5-9-7(2)6-8(3)12-10(9)11-4/h5-6H,1H2,2-4H3,(H,11,12). The van der Waals surface area contributed by atoms with Crippen LogP contribution in [0.3, 0.4) is 0 Å². The number of nitrogens with one attached hydrogen (secondary N) is 1. The van der Waals surface area contributed by atoms with Gasteiger partial charge in [-0.05, 0) is 25.5 Å². The molecular formula is C10H14N2. The van der Waals surface area contributed by atoms with Crippen molar-refractivity contribution in [2.24, 2.45) is 0 Å². The van der Waals surface area contributed by atoms with Crippen LogP contribution in [0.1, 0.15) is 16.8 Å². The Morgan fingerprint density at radius 3 is 2.67 bits per heavy atom. The van der Waals surface area contributed by atoms with Crippen molar-refractivity contribution in [2.45, 2.75) is 13.8 Å². The zero-order valence-corrected chi connectivity index (χ0v) is 7.81. The zero-order valence-electron chi connectivity index (χ0n) is 7.81. The highest BCUT2D eigenvalue weighted by Gasteiger charge is 2.02. The molecule has 1 heterocycles. The van der Waals surface area contributed by atoms with Gasteiger partial charge in [-0.3, -0.25) is 0 Å². The average Bonchev–Trinajstić information content (AvgIpc) is 2.03. The summed E-state index contributed by atoms with van der Waals surface area (Å²) in [5, 5.41) is 3.05. The summed E-state index contributed by atoms with van der Waals surface area (Å²) < 4.78 is 0. The van der Waals surface area contributed by atoms with Crippen molar-refractivity contribution in [3.05, 3.63) is 29.5 Å². The Hall–Kier alpha value is -1.31. The van der Waals surface area contributed by atoms with Crippen LogP contribution in [0.2, 0.25) is 0 Å². The number of nitrogens with zero attached hydrogens (tertiary/aromatic N) is 1. The molecule has 0 bridgehead atoms. The van der Waals surface area contributed by atoms with Gasteiger partial charge in [-0.15, -0.1) is 0 Å².